The summed E-state index contributed by atoms with van der Waals surface area (Å²) in [6, 6.07) is 10.8. The number of aliphatic hydroxyl groups is 1. The maximum Gasteiger partial charge on any atom is 0.0871 e. The molecule has 2 nitrogen and oxygen atoms in total. The number of benzene rings is 2. The van der Waals surface area contributed by atoms with Crippen LogP contribution in [-0.2, 0) is 0 Å². The van der Waals surface area contributed by atoms with Gasteiger partial charge in [-0.3, -0.25) is 0 Å². The molecule has 2 aromatic carbocycles. The van der Waals surface area contributed by atoms with Crippen molar-refractivity contribution < 1.29 is 5.11 Å². The van der Waals surface area contributed by atoms with Crippen molar-refractivity contribution in [1.82, 2.24) is 0 Å². The Morgan fingerprint density at radius 3 is 2.14 bits per heavy atom. The van der Waals surface area contributed by atoms with E-state index in [9.17, 15) is 5.11 Å². The Hall–Kier alpha value is -0.770. The Kier molecular flexibility index (Phi) is 5.53. The summed E-state index contributed by atoms with van der Waals surface area (Å²) in [6.07, 6.45) is -0.759. The highest BCUT2D eigenvalue weighted by Crippen LogP contribution is 2.34. The molecule has 0 aliphatic rings. The molecule has 0 saturated carbocycles. The van der Waals surface area contributed by atoms with Crippen molar-refractivity contribution in [1.29, 1.82) is 0 Å². The molecule has 5 heteroatoms. The molecule has 0 amide bonds. The predicted octanol–water partition coefficient (Wildman–Crippen LogP) is 4.73. The monoisotopic (exact) mass is 343 g/mol. The van der Waals surface area contributed by atoms with Crippen LogP contribution in [0.15, 0.2) is 36.4 Å². The van der Waals surface area contributed by atoms with Gasteiger partial charge in [-0.2, -0.15) is 0 Å². The van der Waals surface area contributed by atoms with Gasteiger partial charge in [0, 0.05) is 17.5 Å². The van der Waals surface area contributed by atoms with Crippen LogP contribution in [0.25, 0.3) is 0 Å². The third-order valence-corrected chi connectivity index (χ3v) is 4.69. The molecule has 0 aliphatic heterocycles. The second-order valence-corrected chi connectivity index (χ2v) is 6.19. The molecule has 0 aromatic heterocycles. The average Bonchev–Trinajstić information content (AvgIpc) is 2.46. The van der Waals surface area contributed by atoms with Gasteiger partial charge in [-0.25, -0.2) is 0 Å². The predicted molar refractivity (Wildman–Crippen MR) is 89.4 cm³/mol. The van der Waals surface area contributed by atoms with Gasteiger partial charge in [-0.15, -0.1) is 0 Å². The number of hydrogen-bond acceptors (Lipinski definition) is 2. The summed E-state index contributed by atoms with van der Waals surface area (Å²) in [5.74, 6) is -0.279. The molecule has 0 radical (unpaired) electrons. The van der Waals surface area contributed by atoms with Crippen molar-refractivity contribution in [2.24, 2.45) is 5.73 Å². The Labute approximate surface area is 139 Å². The molecule has 0 fully saturated rings. The fourth-order valence-electron chi connectivity index (χ4n) is 2.22. The lowest BCUT2D eigenvalue weighted by Crippen LogP contribution is -2.20. The zero-order chi connectivity index (χ0) is 15.6. The first-order valence-electron chi connectivity index (χ1n) is 6.53. The molecule has 2 rings (SSSR count). The van der Waals surface area contributed by atoms with Crippen LogP contribution in [0, 0.1) is 6.92 Å². The quantitative estimate of drug-likeness (QED) is 0.842. The number of hydrogen-bond donors (Lipinski definition) is 2. The Balaban J connectivity index is 2.35. The fraction of sp³-hybridized carbons (Fsp3) is 0.250. The zero-order valence-electron chi connectivity index (χ0n) is 11.5. The third-order valence-electron chi connectivity index (χ3n) is 3.54. The van der Waals surface area contributed by atoms with Gasteiger partial charge in [0.05, 0.1) is 16.1 Å². The molecule has 3 N–H and O–H groups in total. The summed E-state index contributed by atoms with van der Waals surface area (Å²) in [5, 5.41) is 12.1. The van der Waals surface area contributed by atoms with E-state index in [0.717, 1.165) is 16.7 Å². The molecule has 0 heterocycles. The van der Waals surface area contributed by atoms with Gasteiger partial charge in [0.2, 0.25) is 0 Å². The van der Waals surface area contributed by atoms with Crippen LogP contribution in [0.2, 0.25) is 15.1 Å². The summed E-state index contributed by atoms with van der Waals surface area (Å²) < 4.78 is 0. The van der Waals surface area contributed by atoms with Crippen molar-refractivity contribution in [3.63, 3.8) is 0 Å². The second kappa shape index (κ2) is 6.99. The Bertz CT molecular complexity index is 645. The molecule has 2 aromatic rings. The van der Waals surface area contributed by atoms with Crippen LogP contribution in [0.3, 0.4) is 0 Å². The van der Waals surface area contributed by atoms with Gasteiger partial charge < -0.3 is 10.8 Å². The van der Waals surface area contributed by atoms with E-state index in [2.05, 4.69) is 0 Å². The minimum atomic E-state index is -0.759. The van der Waals surface area contributed by atoms with E-state index in [1.54, 1.807) is 18.2 Å². The fourth-order valence-corrected chi connectivity index (χ4v) is 2.71. The van der Waals surface area contributed by atoms with Gasteiger partial charge in [0.25, 0.3) is 0 Å². The molecule has 112 valence electrons. The van der Waals surface area contributed by atoms with Gasteiger partial charge >= 0.3 is 0 Å². The number of aliphatic hydroxyl groups excluding tert-OH is 1. The smallest absolute Gasteiger partial charge is 0.0871 e. The first kappa shape index (κ1) is 16.6. The van der Waals surface area contributed by atoms with Gasteiger partial charge in [-0.1, -0.05) is 53.0 Å². The molecule has 0 bridgehead atoms. The lowest BCUT2D eigenvalue weighted by Gasteiger charge is -2.23. The zero-order valence-corrected chi connectivity index (χ0v) is 13.8. The van der Waals surface area contributed by atoms with Crippen LogP contribution in [-0.4, -0.2) is 11.7 Å². The van der Waals surface area contributed by atoms with E-state index >= 15 is 0 Å². The number of rotatable bonds is 4. The highest BCUT2D eigenvalue weighted by Gasteiger charge is 2.22. The highest BCUT2D eigenvalue weighted by atomic mass is 35.5. The van der Waals surface area contributed by atoms with Crippen molar-refractivity contribution in [2.45, 2.75) is 18.9 Å². The van der Waals surface area contributed by atoms with E-state index in [1.807, 2.05) is 25.1 Å². The molecule has 0 spiro atoms. The summed E-state index contributed by atoms with van der Waals surface area (Å²) in [5.41, 5.74) is 8.37. The minimum absolute atomic E-state index is 0.279. The summed E-state index contributed by atoms with van der Waals surface area (Å²) in [4.78, 5) is 0. The van der Waals surface area contributed by atoms with Gasteiger partial charge in [0.15, 0.2) is 0 Å². The SMILES string of the molecule is Cc1ccc(C(O)C(CN)c2ccc(Cl)c(Cl)c2)cc1Cl. The van der Waals surface area contributed by atoms with Crippen LogP contribution >= 0.6 is 34.8 Å². The van der Waals surface area contributed by atoms with Crippen LogP contribution < -0.4 is 5.73 Å². The third kappa shape index (κ3) is 3.71. The van der Waals surface area contributed by atoms with Crippen molar-refractivity contribution in [2.75, 3.05) is 6.54 Å². The first-order chi connectivity index (χ1) is 9.93. The largest absolute Gasteiger partial charge is 0.388 e. The molecule has 0 aliphatic carbocycles. The van der Waals surface area contributed by atoms with Gasteiger partial charge in [0.1, 0.15) is 0 Å². The van der Waals surface area contributed by atoms with Crippen molar-refractivity contribution in [3.05, 3.63) is 68.2 Å². The van der Waals surface area contributed by atoms with E-state index in [-0.39, 0.29) is 12.5 Å². The normalized spacial score (nSPS) is 14.0. The van der Waals surface area contributed by atoms with Crippen molar-refractivity contribution in [3.8, 4) is 0 Å². The lowest BCUT2D eigenvalue weighted by molar-refractivity contribution is 0.147. The summed E-state index contributed by atoms with van der Waals surface area (Å²) >= 11 is 18.1. The van der Waals surface area contributed by atoms with E-state index < -0.39 is 6.10 Å². The molecule has 2 atom stereocenters. The number of halogens is 3. The average molecular weight is 345 g/mol. The van der Waals surface area contributed by atoms with Crippen LogP contribution in [0.1, 0.15) is 28.7 Å². The molecular formula is C16H16Cl3NO. The second-order valence-electron chi connectivity index (χ2n) is 4.97. The maximum absolute atomic E-state index is 10.6. The Morgan fingerprint density at radius 1 is 0.952 bits per heavy atom. The standard InChI is InChI=1S/C16H16Cl3NO/c1-9-2-3-11(7-14(9)18)16(21)12(8-20)10-4-5-13(17)15(19)6-10/h2-7,12,16,21H,8,20H2,1H3. The molecule has 0 saturated heterocycles. The lowest BCUT2D eigenvalue weighted by atomic mass is 9.89. The topological polar surface area (TPSA) is 46.2 Å². The van der Waals surface area contributed by atoms with Crippen LogP contribution in [0.4, 0.5) is 0 Å². The first-order valence-corrected chi connectivity index (χ1v) is 7.66. The molecule has 2 unspecified atom stereocenters. The van der Waals surface area contributed by atoms with Crippen LogP contribution in [0.5, 0.6) is 0 Å². The maximum atomic E-state index is 10.6. The van der Waals surface area contributed by atoms with Gasteiger partial charge in [-0.05, 0) is 41.8 Å². The van der Waals surface area contributed by atoms with Crippen molar-refractivity contribution >= 4 is 34.8 Å². The summed E-state index contributed by atoms with van der Waals surface area (Å²) in [6.45, 7) is 2.20. The minimum Gasteiger partial charge on any atom is -0.388 e. The number of aryl methyl sites for hydroxylation is 1. The molecule has 21 heavy (non-hydrogen) atoms. The highest BCUT2D eigenvalue weighted by molar-refractivity contribution is 6.42. The Morgan fingerprint density at radius 2 is 1.57 bits per heavy atom. The number of nitrogens with two attached hydrogens (primary N) is 1. The van der Waals surface area contributed by atoms with E-state index in [1.165, 1.54) is 0 Å². The van der Waals surface area contributed by atoms with E-state index in [0.29, 0.717) is 15.1 Å². The van der Waals surface area contributed by atoms with E-state index in [4.69, 9.17) is 40.5 Å². The summed E-state index contributed by atoms with van der Waals surface area (Å²) in [7, 11) is 0. The molecular weight excluding hydrogens is 329 g/mol.